The van der Waals surface area contributed by atoms with Crippen molar-refractivity contribution < 1.29 is 9.53 Å². The Kier molecular flexibility index (Phi) is 4.54. The molecule has 0 aromatic carbocycles. The van der Waals surface area contributed by atoms with Crippen LogP contribution in [0.2, 0.25) is 0 Å². The standard InChI is InChI=1S/C10H12BrIN2O2/c1-10(2,3)16-9(15)14-8-7(12)4-6(11)5-13-8/h4-5H,1-3H3,(H,13,14,15). The Hall–Kier alpha value is -0.370. The number of nitrogens with one attached hydrogen (secondary N) is 1. The van der Waals surface area contributed by atoms with Gasteiger partial charge in [-0.2, -0.15) is 0 Å². The van der Waals surface area contributed by atoms with E-state index >= 15 is 0 Å². The van der Waals surface area contributed by atoms with Crippen LogP contribution in [0.15, 0.2) is 16.7 Å². The van der Waals surface area contributed by atoms with E-state index in [0.29, 0.717) is 5.82 Å². The first kappa shape index (κ1) is 13.7. The maximum absolute atomic E-state index is 11.5. The highest BCUT2D eigenvalue weighted by molar-refractivity contribution is 14.1. The van der Waals surface area contributed by atoms with Crippen LogP contribution >= 0.6 is 38.5 Å². The number of rotatable bonds is 1. The number of halogens is 2. The van der Waals surface area contributed by atoms with Gasteiger partial charge in [0, 0.05) is 10.7 Å². The zero-order valence-electron chi connectivity index (χ0n) is 9.17. The molecular weight excluding hydrogens is 387 g/mol. The average molecular weight is 399 g/mol. The summed E-state index contributed by atoms with van der Waals surface area (Å²) in [5.41, 5.74) is -0.509. The van der Waals surface area contributed by atoms with E-state index in [1.807, 2.05) is 26.8 Å². The van der Waals surface area contributed by atoms with Crippen LogP contribution in [-0.2, 0) is 4.74 Å². The monoisotopic (exact) mass is 398 g/mol. The molecule has 0 unspecified atom stereocenters. The fraction of sp³-hybridized carbons (Fsp3) is 0.400. The van der Waals surface area contributed by atoms with Gasteiger partial charge in [-0.15, -0.1) is 0 Å². The molecule has 88 valence electrons. The number of ether oxygens (including phenoxy) is 1. The Morgan fingerprint density at radius 1 is 1.56 bits per heavy atom. The number of carbonyl (C=O) groups excluding carboxylic acids is 1. The summed E-state index contributed by atoms with van der Waals surface area (Å²) in [6.45, 7) is 5.44. The summed E-state index contributed by atoms with van der Waals surface area (Å²) in [6.07, 6.45) is 1.12. The third-order valence-corrected chi connectivity index (χ3v) is 2.68. The Balaban J connectivity index is 2.70. The zero-order chi connectivity index (χ0) is 12.3. The molecule has 4 nitrogen and oxygen atoms in total. The fourth-order valence-corrected chi connectivity index (χ4v) is 2.28. The van der Waals surface area contributed by atoms with E-state index in [9.17, 15) is 4.79 Å². The summed E-state index contributed by atoms with van der Waals surface area (Å²) in [6, 6.07) is 1.86. The van der Waals surface area contributed by atoms with Crippen LogP contribution in [0.5, 0.6) is 0 Å². The molecule has 0 aliphatic carbocycles. The molecule has 1 amide bonds. The minimum absolute atomic E-state index is 0.498. The lowest BCUT2D eigenvalue weighted by Crippen LogP contribution is -2.27. The molecule has 0 saturated heterocycles. The smallest absolute Gasteiger partial charge is 0.413 e. The molecule has 0 aliphatic rings. The van der Waals surface area contributed by atoms with Crippen LogP contribution in [0, 0.1) is 3.57 Å². The van der Waals surface area contributed by atoms with E-state index in [2.05, 4.69) is 48.8 Å². The molecule has 0 fully saturated rings. The fourth-order valence-electron chi connectivity index (χ4n) is 0.907. The Bertz CT molecular complexity index is 404. The van der Waals surface area contributed by atoms with Gasteiger partial charge < -0.3 is 4.74 Å². The lowest BCUT2D eigenvalue weighted by atomic mass is 10.2. The minimum Gasteiger partial charge on any atom is -0.444 e. The van der Waals surface area contributed by atoms with Gasteiger partial charge in [-0.05, 0) is 65.4 Å². The molecule has 0 radical (unpaired) electrons. The van der Waals surface area contributed by atoms with Gasteiger partial charge in [-0.1, -0.05) is 0 Å². The van der Waals surface area contributed by atoms with Crippen molar-refractivity contribution in [2.45, 2.75) is 26.4 Å². The molecule has 0 bridgehead atoms. The topological polar surface area (TPSA) is 51.2 Å². The lowest BCUT2D eigenvalue weighted by Gasteiger charge is -2.19. The second-order valence-corrected chi connectivity index (χ2v) is 6.19. The average Bonchev–Trinajstić information content (AvgIpc) is 2.06. The molecule has 0 aliphatic heterocycles. The van der Waals surface area contributed by atoms with Crippen LogP contribution in [0.25, 0.3) is 0 Å². The molecule has 16 heavy (non-hydrogen) atoms. The predicted molar refractivity (Wildman–Crippen MR) is 74.5 cm³/mol. The molecule has 0 saturated carbocycles. The van der Waals surface area contributed by atoms with Crippen molar-refractivity contribution in [1.29, 1.82) is 0 Å². The van der Waals surface area contributed by atoms with Crippen molar-refractivity contribution >= 4 is 50.4 Å². The van der Waals surface area contributed by atoms with Crippen molar-refractivity contribution in [3.8, 4) is 0 Å². The first-order chi connectivity index (χ1) is 7.28. The van der Waals surface area contributed by atoms with Gasteiger partial charge in [0.2, 0.25) is 0 Å². The van der Waals surface area contributed by atoms with Crippen molar-refractivity contribution in [3.05, 3.63) is 20.3 Å². The van der Waals surface area contributed by atoms with E-state index in [4.69, 9.17) is 4.74 Å². The van der Waals surface area contributed by atoms with Crippen LogP contribution in [0.3, 0.4) is 0 Å². The van der Waals surface area contributed by atoms with E-state index in [0.717, 1.165) is 8.04 Å². The summed E-state index contributed by atoms with van der Waals surface area (Å²) in [7, 11) is 0. The first-order valence-corrected chi connectivity index (χ1v) is 6.46. The predicted octanol–water partition coefficient (Wildman–Crippen LogP) is 3.80. The van der Waals surface area contributed by atoms with Gasteiger partial charge >= 0.3 is 6.09 Å². The maximum Gasteiger partial charge on any atom is 0.413 e. The highest BCUT2D eigenvalue weighted by Crippen LogP contribution is 2.20. The normalized spacial score (nSPS) is 11.1. The molecule has 1 rings (SSSR count). The molecular formula is C10H12BrIN2O2. The minimum atomic E-state index is -0.509. The summed E-state index contributed by atoms with van der Waals surface area (Å²) in [4.78, 5) is 15.6. The van der Waals surface area contributed by atoms with Gasteiger partial charge in [0.15, 0.2) is 0 Å². The van der Waals surface area contributed by atoms with Crippen LogP contribution < -0.4 is 5.32 Å². The highest BCUT2D eigenvalue weighted by atomic mass is 127. The number of pyridine rings is 1. The molecule has 0 atom stereocenters. The number of anilines is 1. The van der Waals surface area contributed by atoms with Gasteiger partial charge in [0.05, 0.1) is 3.57 Å². The van der Waals surface area contributed by atoms with E-state index in [1.54, 1.807) is 6.20 Å². The van der Waals surface area contributed by atoms with Gasteiger partial charge in [0.1, 0.15) is 11.4 Å². The van der Waals surface area contributed by atoms with E-state index in [1.165, 1.54) is 0 Å². The second-order valence-electron chi connectivity index (χ2n) is 4.11. The van der Waals surface area contributed by atoms with Crippen molar-refractivity contribution in [1.82, 2.24) is 4.98 Å². The van der Waals surface area contributed by atoms with Crippen molar-refractivity contribution in [3.63, 3.8) is 0 Å². The van der Waals surface area contributed by atoms with E-state index in [-0.39, 0.29) is 0 Å². The van der Waals surface area contributed by atoms with Crippen LogP contribution in [-0.4, -0.2) is 16.7 Å². The van der Waals surface area contributed by atoms with Crippen LogP contribution in [0.4, 0.5) is 10.6 Å². The number of nitrogens with zero attached hydrogens (tertiary/aromatic N) is 1. The highest BCUT2D eigenvalue weighted by Gasteiger charge is 2.17. The number of amides is 1. The second kappa shape index (κ2) is 5.31. The molecule has 1 N–H and O–H groups in total. The molecule has 6 heteroatoms. The van der Waals surface area contributed by atoms with Gasteiger partial charge in [0.25, 0.3) is 0 Å². The number of aromatic nitrogens is 1. The zero-order valence-corrected chi connectivity index (χ0v) is 12.9. The van der Waals surface area contributed by atoms with Crippen molar-refractivity contribution in [2.75, 3.05) is 5.32 Å². The molecule has 0 spiro atoms. The van der Waals surface area contributed by atoms with Crippen molar-refractivity contribution in [2.24, 2.45) is 0 Å². The molecule has 1 aromatic heterocycles. The van der Waals surface area contributed by atoms with Gasteiger partial charge in [-0.3, -0.25) is 5.32 Å². The molecule has 1 heterocycles. The largest absolute Gasteiger partial charge is 0.444 e. The third kappa shape index (κ3) is 4.65. The Morgan fingerprint density at radius 2 is 2.19 bits per heavy atom. The van der Waals surface area contributed by atoms with Crippen LogP contribution in [0.1, 0.15) is 20.8 Å². The quantitative estimate of drug-likeness (QED) is 0.732. The Labute approximate surface area is 116 Å². The van der Waals surface area contributed by atoms with E-state index < -0.39 is 11.7 Å². The summed E-state index contributed by atoms with van der Waals surface area (Å²) in [5.74, 6) is 0.498. The summed E-state index contributed by atoms with van der Waals surface area (Å²) < 4.78 is 6.83. The third-order valence-electron chi connectivity index (χ3n) is 1.43. The maximum atomic E-state index is 11.5. The molecule has 1 aromatic rings. The first-order valence-electron chi connectivity index (χ1n) is 4.59. The SMILES string of the molecule is CC(C)(C)OC(=O)Nc1ncc(Br)cc1I. The number of carbonyl (C=O) groups is 1. The number of hydrogen-bond acceptors (Lipinski definition) is 3. The number of hydrogen-bond donors (Lipinski definition) is 1. The summed E-state index contributed by atoms with van der Waals surface area (Å²) in [5, 5.41) is 2.59. The summed E-state index contributed by atoms with van der Waals surface area (Å²) >= 11 is 5.39. The Morgan fingerprint density at radius 3 is 2.69 bits per heavy atom. The lowest BCUT2D eigenvalue weighted by molar-refractivity contribution is 0.0635. The van der Waals surface area contributed by atoms with Gasteiger partial charge in [-0.25, -0.2) is 9.78 Å².